The molecule has 0 aromatic heterocycles. The summed E-state index contributed by atoms with van der Waals surface area (Å²) in [4.78, 5) is 25.0. The normalized spacial score (nSPS) is 18.7. The van der Waals surface area contributed by atoms with Gasteiger partial charge in [0.1, 0.15) is 5.82 Å². The Morgan fingerprint density at radius 1 is 1.00 bits per heavy atom. The van der Waals surface area contributed by atoms with Gasteiger partial charge in [0, 0.05) is 31.6 Å². The molecule has 0 radical (unpaired) electrons. The molecule has 39 heavy (non-hydrogen) atoms. The number of aliphatic hydroxyl groups excluding tert-OH is 1. The summed E-state index contributed by atoms with van der Waals surface area (Å²) in [5.41, 5.74) is 2.03. The second kappa shape index (κ2) is 15.9. The van der Waals surface area contributed by atoms with E-state index in [1.54, 1.807) is 30.3 Å². The molecule has 0 fully saturated rings. The molecule has 2 N–H and O–H groups in total. The Morgan fingerprint density at radius 3 is 2.33 bits per heavy atom. The van der Waals surface area contributed by atoms with E-state index in [1.165, 1.54) is 19.2 Å². The molecule has 10 heteroatoms. The smallest absolute Gasteiger partial charge is 0.337 e. The predicted molar refractivity (Wildman–Crippen MR) is 140 cm³/mol. The molecular formula is C29H36FNO8. The van der Waals surface area contributed by atoms with E-state index >= 15 is 0 Å². The van der Waals surface area contributed by atoms with Crippen LogP contribution in [0.15, 0.2) is 60.4 Å². The molecule has 2 aromatic carbocycles. The third-order valence-electron chi connectivity index (χ3n) is 6.23. The lowest BCUT2D eigenvalue weighted by Gasteiger charge is -2.37. The van der Waals surface area contributed by atoms with Crippen LogP contribution in [-0.2, 0) is 35.0 Å². The summed E-state index contributed by atoms with van der Waals surface area (Å²) in [6, 6.07) is 12.9. The highest BCUT2D eigenvalue weighted by atomic mass is 19.1. The first-order valence-electron chi connectivity index (χ1n) is 12.9. The summed E-state index contributed by atoms with van der Waals surface area (Å²) in [6.07, 6.45) is 1.61. The molecule has 1 aliphatic heterocycles. The molecule has 0 aliphatic carbocycles. The Hall–Kier alpha value is -3.31. The molecular weight excluding hydrogens is 509 g/mol. The lowest BCUT2D eigenvalue weighted by atomic mass is 9.81. The van der Waals surface area contributed by atoms with Crippen molar-refractivity contribution in [3.8, 4) is 0 Å². The van der Waals surface area contributed by atoms with Crippen molar-refractivity contribution in [3.05, 3.63) is 82.9 Å². The maximum atomic E-state index is 13.2. The average Bonchev–Trinajstić information content (AvgIpc) is 2.96. The van der Waals surface area contributed by atoms with Crippen molar-refractivity contribution >= 4 is 11.9 Å². The van der Waals surface area contributed by atoms with Gasteiger partial charge < -0.3 is 34.1 Å². The van der Waals surface area contributed by atoms with Gasteiger partial charge in [-0.25, -0.2) is 9.18 Å². The highest BCUT2D eigenvalue weighted by molar-refractivity contribution is 5.92. The molecule has 3 rings (SSSR count). The molecule has 0 bridgehead atoms. The Morgan fingerprint density at radius 2 is 1.69 bits per heavy atom. The van der Waals surface area contributed by atoms with Crippen LogP contribution in [0.2, 0.25) is 0 Å². The number of rotatable bonds is 15. The van der Waals surface area contributed by atoms with Gasteiger partial charge in [-0.05, 0) is 54.8 Å². The number of methoxy groups -OCH3 is 1. The van der Waals surface area contributed by atoms with Crippen LogP contribution in [-0.4, -0.2) is 70.0 Å². The van der Waals surface area contributed by atoms with Crippen LogP contribution in [0.5, 0.6) is 0 Å². The van der Waals surface area contributed by atoms with Gasteiger partial charge in [-0.15, -0.1) is 0 Å². The second-order valence-corrected chi connectivity index (χ2v) is 8.82. The summed E-state index contributed by atoms with van der Waals surface area (Å²) in [7, 11) is 1.33. The molecule has 9 nitrogen and oxygen atoms in total. The zero-order chi connectivity index (χ0) is 28.0. The predicted octanol–water partition coefficient (Wildman–Crippen LogP) is 3.32. The van der Waals surface area contributed by atoms with E-state index in [2.05, 4.69) is 5.32 Å². The number of nitrogens with one attached hydrogen (secondary N) is 1. The first kappa shape index (κ1) is 30.2. The molecule has 1 amide bonds. The number of esters is 1. The first-order valence-corrected chi connectivity index (χ1v) is 12.9. The summed E-state index contributed by atoms with van der Waals surface area (Å²) >= 11 is 0. The number of hydrogen-bond donors (Lipinski definition) is 2. The summed E-state index contributed by atoms with van der Waals surface area (Å²) in [5, 5.41) is 11.6. The number of amides is 1. The van der Waals surface area contributed by atoms with E-state index < -0.39 is 18.2 Å². The van der Waals surface area contributed by atoms with Crippen molar-refractivity contribution in [2.75, 3.05) is 46.8 Å². The zero-order valence-corrected chi connectivity index (χ0v) is 22.3. The van der Waals surface area contributed by atoms with Crippen LogP contribution in [0.3, 0.4) is 0 Å². The van der Waals surface area contributed by atoms with Crippen molar-refractivity contribution < 1.29 is 42.8 Å². The van der Waals surface area contributed by atoms with Crippen molar-refractivity contribution in [1.29, 1.82) is 0 Å². The van der Waals surface area contributed by atoms with E-state index in [0.717, 1.165) is 11.1 Å². The van der Waals surface area contributed by atoms with E-state index in [4.69, 9.17) is 28.8 Å². The second-order valence-electron chi connectivity index (χ2n) is 8.82. The van der Waals surface area contributed by atoms with Gasteiger partial charge >= 0.3 is 5.97 Å². The molecule has 0 spiro atoms. The summed E-state index contributed by atoms with van der Waals surface area (Å²) < 4.78 is 40.9. The van der Waals surface area contributed by atoms with Crippen molar-refractivity contribution in [1.82, 2.24) is 5.32 Å². The largest absolute Gasteiger partial charge is 0.465 e. The average molecular weight is 546 g/mol. The van der Waals surface area contributed by atoms with Gasteiger partial charge in [-0.1, -0.05) is 24.3 Å². The van der Waals surface area contributed by atoms with Gasteiger partial charge in [0.05, 0.1) is 39.1 Å². The monoisotopic (exact) mass is 545 g/mol. The van der Waals surface area contributed by atoms with Gasteiger partial charge in [0.2, 0.25) is 6.29 Å². The minimum absolute atomic E-state index is 0.0436. The maximum absolute atomic E-state index is 13.2. The van der Waals surface area contributed by atoms with Gasteiger partial charge in [-0.2, -0.15) is 0 Å². The number of halogens is 1. The van der Waals surface area contributed by atoms with Gasteiger partial charge in [0.25, 0.3) is 5.91 Å². The topological polar surface area (TPSA) is 113 Å². The molecule has 212 valence electrons. The van der Waals surface area contributed by atoms with Crippen LogP contribution in [0.25, 0.3) is 0 Å². The number of carbonyl (C=O) groups excluding carboxylic acids is 2. The van der Waals surface area contributed by atoms with Crippen LogP contribution in [0.4, 0.5) is 4.39 Å². The number of carbonyl (C=O) groups is 2. The quantitative estimate of drug-likeness (QED) is 0.259. The van der Waals surface area contributed by atoms with Crippen molar-refractivity contribution in [2.45, 2.75) is 32.1 Å². The van der Waals surface area contributed by atoms with Gasteiger partial charge in [-0.3, -0.25) is 4.79 Å². The van der Waals surface area contributed by atoms with Crippen LogP contribution in [0, 0.1) is 11.7 Å². The van der Waals surface area contributed by atoms with Crippen LogP contribution >= 0.6 is 0 Å². The first-order chi connectivity index (χ1) is 19.0. The maximum Gasteiger partial charge on any atom is 0.337 e. The molecule has 1 aliphatic rings. The molecule has 3 atom stereocenters. The fourth-order valence-electron chi connectivity index (χ4n) is 4.25. The number of hydrogen-bond acceptors (Lipinski definition) is 8. The van der Waals surface area contributed by atoms with Crippen molar-refractivity contribution in [3.63, 3.8) is 0 Å². The molecule has 0 saturated heterocycles. The van der Waals surface area contributed by atoms with Crippen LogP contribution < -0.4 is 5.32 Å². The number of allylic oxidation sites excluding steroid dienone is 1. The Labute approximate surface area is 227 Å². The highest BCUT2D eigenvalue weighted by Crippen LogP contribution is 2.39. The number of benzene rings is 2. The standard InChI is InChI=1S/C29H36FNO8/c1-3-38-29-24(12-14-36-16-17-37-15-13-32)25(21-6-8-22(9-7-21)28(34)35-2)18-26(39-29)27(33)31-19-20-4-10-23(30)11-5-20/h4-11,18,24-25,29,32H,3,12-17,19H2,1-2H3,(H,31,33). The fraction of sp³-hybridized carbons (Fsp3) is 0.448. The third kappa shape index (κ3) is 9.14. The van der Waals surface area contributed by atoms with Crippen LogP contribution in [0.1, 0.15) is 40.7 Å². The SMILES string of the molecule is CCOC1OC(C(=O)NCc2ccc(F)cc2)=CC(c2ccc(C(=O)OC)cc2)C1CCOCCOCCO. The minimum Gasteiger partial charge on any atom is -0.465 e. The number of aliphatic hydroxyl groups is 1. The van der Waals surface area contributed by atoms with E-state index in [-0.39, 0.29) is 43.2 Å². The van der Waals surface area contributed by atoms with E-state index in [0.29, 0.717) is 38.4 Å². The molecule has 3 unspecified atom stereocenters. The lowest BCUT2D eigenvalue weighted by molar-refractivity contribution is -0.168. The summed E-state index contributed by atoms with van der Waals surface area (Å²) in [5.74, 6) is -1.56. The Bertz CT molecular complexity index is 1070. The van der Waals surface area contributed by atoms with E-state index in [9.17, 15) is 14.0 Å². The van der Waals surface area contributed by atoms with Crippen molar-refractivity contribution in [2.24, 2.45) is 5.92 Å². The molecule has 0 saturated carbocycles. The lowest BCUT2D eigenvalue weighted by Crippen LogP contribution is -2.39. The van der Waals surface area contributed by atoms with E-state index in [1.807, 2.05) is 19.1 Å². The zero-order valence-electron chi connectivity index (χ0n) is 22.3. The summed E-state index contributed by atoms with van der Waals surface area (Å²) in [6.45, 7) is 3.78. The fourth-order valence-corrected chi connectivity index (χ4v) is 4.25. The Balaban J connectivity index is 1.79. The third-order valence-corrected chi connectivity index (χ3v) is 6.23. The minimum atomic E-state index is -0.717. The number of ether oxygens (including phenoxy) is 5. The Kier molecular flexibility index (Phi) is 12.4. The highest BCUT2D eigenvalue weighted by Gasteiger charge is 2.38. The van der Waals surface area contributed by atoms with Gasteiger partial charge in [0.15, 0.2) is 5.76 Å². The molecule has 1 heterocycles. The molecule has 2 aromatic rings.